The van der Waals surface area contributed by atoms with E-state index in [4.69, 9.17) is 4.74 Å². The van der Waals surface area contributed by atoms with Gasteiger partial charge in [-0.1, -0.05) is 6.07 Å². The van der Waals surface area contributed by atoms with E-state index >= 15 is 0 Å². The molecule has 0 N–H and O–H groups in total. The monoisotopic (exact) mass is 312 g/mol. The fourth-order valence-electron chi connectivity index (χ4n) is 2.73. The Bertz CT molecular complexity index is 663. The first kappa shape index (κ1) is 15.4. The minimum absolute atomic E-state index is 0.00138. The number of aromatic nitrogens is 2. The summed E-state index contributed by atoms with van der Waals surface area (Å²) in [5.41, 5.74) is 1.67. The van der Waals surface area contributed by atoms with Gasteiger partial charge in [0, 0.05) is 57.4 Å². The van der Waals surface area contributed by atoms with Gasteiger partial charge in [-0.3, -0.25) is 9.78 Å². The van der Waals surface area contributed by atoms with E-state index < -0.39 is 0 Å². The van der Waals surface area contributed by atoms with Crippen molar-refractivity contribution < 1.29 is 9.53 Å². The Hall–Kier alpha value is -2.47. The van der Waals surface area contributed by atoms with Crippen LogP contribution in [-0.2, 0) is 11.3 Å². The van der Waals surface area contributed by atoms with E-state index in [0.717, 1.165) is 24.5 Å². The van der Waals surface area contributed by atoms with E-state index in [1.54, 1.807) is 37.8 Å². The molecule has 2 aromatic rings. The van der Waals surface area contributed by atoms with Crippen molar-refractivity contribution in [3.8, 4) is 0 Å². The third kappa shape index (κ3) is 3.48. The normalized spacial score (nSPS) is 14.3. The fourth-order valence-corrected chi connectivity index (χ4v) is 2.73. The smallest absolute Gasteiger partial charge is 0.255 e. The molecule has 120 valence electrons. The first-order valence-corrected chi connectivity index (χ1v) is 7.66. The summed E-state index contributed by atoms with van der Waals surface area (Å²) in [7, 11) is 1.69. The topological polar surface area (TPSA) is 58.6 Å². The van der Waals surface area contributed by atoms with Crippen LogP contribution in [0.4, 0.5) is 5.82 Å². The predicted octanol–water partition coefficient (Wildman–Crippen LogP) is 1.59. The van der Waals surface area contributed by atoms with Crippen molar-refractivity contribution in [3.63, 3.8) is 0 Å². The molecule has 0 fully saturated rings. The zero-order valence-corrected chi connectivity index (χ0v) is 13.2. The standard InChI is InChI=1S/C17H20N4O2/c1-23-11-10-20-8-9-21(13-15-5-3-7-19-16(15)20)17(22)14-4-2-6-18-12-14/h2-7,12H,8-11,13H2,1H3. The Morgan fingerprint density at radius 3 is 2.91 bits per heavy atom. The van der Waals surface area contributed by atoms with Crippen molar-refractivity contribution in [2.24, 2.45) is 0 Å². The van der Waals surface area contributed by atoms with Crippen molar-refractivity contribution in [1.29, 1.82) is 0 Å². The lowest BCUT2D eigenvalue weighted by Gasteiger charge is -2.23. The summed E-state index contributed by atoms with van der Waals surface area (Å²) in [6.45, 7) is 3.33. The van der Waals surface area contributed by atoms with Crippen molar-refractivity contribution >= 4 is 11.7 Å². The maximum absolute atomic E-state index is 12.7. The number of nitrogens with zero attached hydrogens (tertiary/aromatic N) is 4. The molecule has 0 aliphatic carbocycles. The zero-order valence-electron chi connectivity index (χ0n) is 13.2. The number of carbonyl (C=O) groups is 1. The van der Waals surface area contributed by atoms with Crippen LogP contribution >= 0.6 is 0 Å². The van der Waals surface area contributed by atoms with Crippen LogP contribution in [0.5, 0.6) is 0 Å². The second kappa shape index (κ2) is 7.19. The van der Waals surface area contributed by atoms with E-state index in [9.17, 15) is 4.79 Å². The van der Waals surface area contributed by atoms with Crippen LogP contribution in [0.2, 0.25) is 0 Å². The molecule has 6 heteroatoms. The number of hydrogen-bond acceptors (Lipinski definition) is 5. The molecule has 6 nitrogen and oxygen atoms in total. The van der Waals surface area contributed by atoms with Crippen molar-refractivity contribution in [3.05, 3.63) is 54.0 Å². The number of rotatable bonds is 4. The van der Waals surface area contributed by atoms with Crippen LogP contribution in [0.3, 0.4) is 0 Å². The van der Waals surface area contributed by atoms with Gasteiger partial charge in [0.05, 0.1) is 12.2 Å². The molecule has 23 heavy (non-hydrogen) atoms. The quantitative estimate of drug-likeness (QED) is 0.858. The zero-order chi connectivity index (χ0) is 16.1. The summed E-state index contributed by atoms with van der Waals surface area (Å²) in [5.74, 6) is 0.938. The van der Waals surface area contributed by atoms with Crippen LogP contribution < -0.4 is 4.90 Å². The highest BCUT2D eigenvalue weighted by Crippen LogP contribution is 2.23. The largest absolute Gasteiger partial charge is 0.383 e. The van der Waals surface area contributed by atoms with Crippen molar-refractivity contribution in [2.75, 3.05) is 38.3 Å². The van der Waals surface area contributed by atoms with Gasteiger partial charge < -0.3 is 14.5 Å². The molecular formula is C17H20N4O2. The second-order valence-electron chi connectivity index (χ2n) is 5.43. The molecule has 3 heterocycles. The number of fused-ring (bicyclic) bond motifs is 1. The number of amides is 1. The minimum atomic E-state index is 0.00138. The number of carbonyl (C=O) groups excluding carboxylic acids is 1. The third-order valence-electron chi connectivity index (χ3n) is 3.93. The molecule has 1 aliphatic heterocycles. The van der Waals surface area contributed by atoms with E-state index in [1.807, 2.05) is 17.0 Å². The Kier molecular flexibility index (Phi) is 4.83. The molecule has 1 aliphatic rings. The fraction of sp³-hybridized carbons (Fsp3) is 0.353. The lowest BCUT2D eigenvalue weighted by Crippen LogP contribution is -2.36. The maximum atomic E-state index is 12.7. The summed E-state index contributed by atoms with van der Waals surface area (Å²) in [6, 6.07) is 7.51. The summed E-state index contributed by atoms with van der Waals surface area (Å²) in [6.07, 6.45) is 5.07. The van der Waals surface area contributed by atoms with Gasteiger partial charge in [0.15, 0.2) is 0 Å². The van der Waals surface area contributed by atoms with Gasteiger partial charge in [-0.25, -0.2) is 4.98 Å². The highest BCUT2D eigenvalue weighted by molar-refractivity contribution is 5.94. The molecule has 1 amide bonds. The Balaban J connectivity index is 1.84. The Labute approximate surface area is 135 Å². The number of pyridine rings is 2. The molecule has 2 aromatic heterocycles. The Morgan fingerprint density at radius 1 is 1.26 bits per heavy atom. The molecule has 0 aromatic carbocycles. The van der Waals surface area contributed by atoms with Crippen LogP contribution in [0.1, 0.15) is 15.9 Å². The van der Waals surface area contributed by atoms with Gasteiger partial charge in [-0.2, -0.15) is 0 Å². The third-order valence-corrected chi connectivity index (χ3v) is 3.93. The summed E-state index contributed by atoms with van der Waals surface area (Å²) < 4.78 is 5.19. The van der Waals surface area contributed by atoms with Gasteiger partial charge in [-0.05, 0) is 18.2 Å². The molecular weight excluding hydrogens is 292 g/mol. The van der Waals surface area contributed by atoms with E-state index in [1.165, 1.54) is 0 Å². The minimum Gasteiger partial charge on any atom is -0.383 e. The van der Waals surface area contributed by atoms with Gasteiger partial charge in [-0.15, -0.1) is 0 Å². The molecule has 0 unspecified atom stereocenters. The van der Waals surface area contributed by atoms with Crippen LogP contribution in [0, 0.1) is 0 Å². The van der Waals surface area contributed by atoms with Gasteiger partial charge in [0.1, 0.15) is 5.82 Å². The van der Waals surface area contributed by atoms with Crippen molar-refractivity contribution in [1.82, 2.24) is 14.9 Å². The summed E-state index contributed by atoms with van der Waals surface area (Å²) in [4.78, 5) is 25.3. The van der Waals surface area contributed by atoms with Crippen LogP contribution in [0.25, 0.3) is 0 Å². The van der Waals surface area contributed by atoms with E-state index in [-0.39, 0.29) is 5.91 Å². The van der Waals surface area contributed by atoms with Crippen LogP contribution in [-0.4, -0.2) is 54.1 Å². The Morgan fingerprint density at radius 2 is 2.13 bits per heavy atom. The SMILES string of the molecule is COCCN1CCN(C(=O)c2cccnc2)Cc2cccnc21. The highest BCUT2D eigenvalue weighted by atomic mass is 16.5. The number of methoxy groups -OCH3 is 1. The van der Waals surface area contributed by atoms with Gasteiger partial charge >= 0.3 is 0 Å². The lowest BCUT2D eigenvalue weighted by molar-refractivity contribution is 0.0750. The molecule has 0 spiro atoms. The molecule has 3 rings (SSSR count). The molecule has 0 radical (unpaired) electrons. The number of ether oxygens (including phenoxy) is 1. The van der Waals surface area contributed by atoms with E-state index in [0.29, 0.717) is 25.3 Å². The molecule has 0 saturated heterocycles. The first-order chi connectivity index (χ1) is 11.3. The number of anilines is 1. The maximum Gasteiger partial charge on any atom is 0.255 e. The highest BCUT2D eigenvalue weighted by Gasteiger charge is 2.24. The van der Waals surface area contributed by atoms with Gasteiger partial charge in [0.25, 0.3) is 5.91 Å². The van der Waals surface area contributed by atoms with E-state index in [2.05, 4.69) is 14.9 Å². The average Bonchev–Trinajstić information content (AvgIpc) is 2.79. The summed E-state index contributed by atoms with van der Waals surface area (Å²) >= 11 is 0. The van der Waals surface area contributed by atoms with Gasteiger partial charge in [0.2, 0.25) is 0 Å². The van der Waals surface area contributed by atoms with Crippen LogP contribution in [0.15, 0.2) is 42.9 Å². The number of hydrogen-bond donors (Lipinski definition) is 0. The molecule has 0 saturated carbocycles. The molecule has 0 bridgehead atoms. The average molecular weight is 312 g/mol. The lowest BCUT2D eigenvalue weighted by atomic mass is 10.2. The summed E-state index contributed by atoms with van der Waals surface area (Å²) in [5, 5.41) is 0. The predicted molar refractivity (Wildman–Crippen MR) is 87.3 cm³/mol. The molecule has 0 atom stereocenters. The van der Waals surface area contributed by atoms with Crippen molar-refractivity contribution in [2.45, 2.75) is 6.54 Å². The first-order valence-electron chi connectivity index (χ1n) is 7.66. The second-order valence-corrected chi connectivity index (χ2v) is 5.43.